The molecule has 5 nitrogen and oxygen atoms in total. The highest BCUT2D eigenvalue weighted by molar-refractivity contribution is 6.42. The molecule has 1 aromatic carbocycles. The maximum Gasteiger partial charge on any atom is 0.317 e. The van der Waals surface area contributed by atoms with Crippen LogP contribution in [0.4, 0.5) is 4.79 Å². The van der Waals surface area contributed by atoms with Gasteiger partial charge in [0.15, 0.2) is 0 Å². The Labute approximate surface area is 152 Å². The highest BCUT2D eigenvalue weighted by Crippen LogP contribution is 2.26. The number of rotatable bonds is 4. The number of nitrogens with zero attached hydrogens (tertiary/aromatic N) is 1. The van der Waals surface area contributed by atoms with E-state index in [0.29, 0.717) is 42.6 Å². The Hall–Kier alpha value is -1.46. The van der Waals surface area contributed by atoms with Crippen LogP contribution in [0.3, 0.4) is 0 Å². The third kappa shape index (κ3) is 4.77. The van der Waals surface area contributed by atoms with Crippen LogP contribution in [0.1, 0.15) is 38.3 Å². The van der Waals surface area contributed by atoms with Gasteiger partial charge in [0.2, 0.25) is 0 Å². The molecule has 0 saturated carbocycles. The zero-order valence-corrected chi connectivity index (χ0v) is 15.4. The normalized spacial score (nSPS) is 16.6. The monoisotopic (exact) mass is 372 g/mol. The topological polar surface area (TPSA) is 58.6 Å². The molecule has 1 aromatic rings. The van der Waals surface area contributed by atoms with Crippen molar-refractivity contribution in [3.8, 4) is 0 Å². The zero-order chi connectivity index (χ0) is 17.7. The molecule has 1 heterocycles. The number of ether oxygens (including phenoxy) is 1. The predicted octanol–water partition coefficient (Wildman–Crippen LogP) is 4.04. The van der Waals surface area contributed by atoms with Crippen molar-refractivity contribution in [2.24, 2.45) is 5.92 Å². The largest absolute Gasteiger partial charge is 0.466 e. The number of nitrogens with one attached hydrogen (secondary N) is 1. The molecule has 1 atom stereocenters. The number of hydrogen-bond donors (Lipinski definition) is 1. The van der Waals surface area contributed by atoms with Crippen molar-refractivity contribution in [1.29, 1.82) is 0 Å². The molecule has 1 N–H and O–H groups in total. The van der Waals surface area contributed by atoms with E-state index in [4.69, 9.17) is 27.9 Å². The van der Waals surface area contributed by atoms with Crippen LogP contribution in [-0.4, -0.2) is 36.6 Å². The second kappa shape index (κ2) is 8.58. The summed E-state index contributed by atoms with van der Waals surface area (Å²) in [7, 11) is 0. The number of urea groups is 1. The number of amides is 2. The molecule has 1 unspecified atom stereocenters. The number of halogens is 2. The predicted molar refractivity (Wildman–Crippen MR) is 94.3 cm³/mol. The Kier molecular flexibility index (Phi) is 6.75. The summed E-state index contributed by atoms with van der Waals surface area (Å²) < 4.78 is 5.04. The molecule has 24 heavy (non-hydrogen) atoms. The van der Waals surface area contributed by atoms with E-state index >= 15 is 0 Å². The second-order valence-electron chi connectivity index (χ2n) is 5.86. The highest BCUT2D eigenvalue weighted by Gasteiger charge is 2.28. The quantitative estimate of drug-likeness (QED) is 0.811. The molecule has 132 valence electrons. The molecule has 0 aliphatic carbocycles. The molecule has 1 saturated heterocycles. The fraction of sp³-hybridized carbons (Fsp3) is 0.529. The summed E-state index contributed by atoms with van der Waals surface area (Å²) in [6.07, 6.45) is 1.26. The van der Waals surface area contributed by atoms with Gasteiger partial charge in [-0.1, -0.05) is 29.3 Å². The number of benzene rings is 1. The van der Waals surface area contributed by atoms with Gasteiger partial charge in [-0.05, 0) is 44.4 Å². The van der Waals surface area contributed by atoms with Crippen LogP contribution in [0.5, 0.6) is 0 Å². The van der Waals surface area contributed by atoms with Crippen molar-refractivity contribution >= 4 is 35.2 Å². The number of carbonyl (C=O) groups is 2. The van der Waals surface area contributed by atoms with Crippen molar-refractivity contribution in [3.63, 3.8) is 0 Å². The fourth-order valence-electron chi connectivity index (χ4n) is 2.72. The number of hydrogen-bond acceptors (Lipinski definition) is 3. The molecule has 1 fully saturated rings. The van der Waals surface area contributed by atoms with E-state index in [1.54, 1.807) is 24.0 Å². The maximum absolute atomic E-state index is 12.4. The Morgan fingerprint density at radius 2 is 1.96 bits per heavy atom. The van der Waals surface area contributed by atoms with Crippen molar-refractivity contribution in [1.82, 2.24) is 10.2 Å². The van der Waals surface area contributed by atoms with Crippen LogP contribution >= 0.6 is 23.2 Å². The Balaban J connectivity index is 1.87. The number of carbonyl (C=O) groups excluding carboxylic acids is 2. The molecule has 0 bridgehead atoms. The van der Waals surface area contributed by atoms with E-state index < -0.39 is 0 Å². The molecule has 0 aromatic heterocycles. The Morgan fingerprint density at radius 3 is 2.54 bits per heavy atom. The average Bonchev–Trinajstić information content (AvgIpc) is 2.57. The van der Waals surface area contributed by atoms with Gasteiger partial charge in [0.1, 0.15) is 0 Å². The van der Waals surface area contributed by atoms with Gasteiger partial charge in [0.25, 0.3) is 0 Å². The van der Waals surface area contributed by atoms with E-state index in [9.17, 15) is 9.59 Å². The fourth-order valence-corrected chi connectivity index (χ4v) is 3.03. The van der Waals surface area contributed by atoms with Gasteiger partial charge in [-0.15, -0.1) is 0 Å². The third-order valence-corrected chi connectivity index (χ3v) is 4.92. The lowest BCUT2D eigenvalue weighted by Crippen LogP contribution is -2.46. The molecule has 0 radical (unpaired) electrons. The van der Waals surface area contributed by atoms with Gasteiger partial charge in [-0.25, -0.2) is 4.79 Å². The lowest BCUT2D eigenvalue weighted by molar-refractivity contribution is -0.149. The molecule has 2 amide bonds. The van der Waals surface area contributed by atoms with Gasteiger partial charge in [-0.3, -0.25) is 4.79 Å². The molecular formula is C17H22Cl2N2O3. The van der Waals surface area contributed by atoms with Gasteiger partial charge >= 0.3 is 12.0 Å². The summed E-state index contributed by atoms with van der Waals surface area (Å²) in [5.41, 5.74) is 0.888. The zero-order valence-electron chi connectivity index (χ0n) is 13.9. The standard InChI is InChI=1S/C17H22Cl2N2O3/c1-3-24-16(22)12-6-8-21(9-7-12)17(23)20-11(2)13-4-5-14(18)15(19)10-13/h4-5,10-12H,3,6-9H2,1-2H3,(H,20,23). The minimum Gasteiger partial charge on any atom is -0.466 e. The van der Waals surface area contributed by atoms with E-state index in [1.165, 1.54) is 0 Å². The number of piperidine rings is 1. The molecular weight excluding hydrogens is 351 g/mol. The molecule has 7 heteroatoms. The average molecular weight is 373 g/mol. The van der Waals surface area contributed by atoms with E-state index in [2.05, 4.69) is 5.32 Å². The van der Waals surface area contributed by atoms with E-state index in [1.807, 2.05) is 13.0 Å². The number of esters is 1. The van der Waals surface area contributed by atoms with Crippen LogP contribution in [-0.2, 0) is 9.53 Å². The SMILES string of the molecule is CCOC(=O)C1CCN(C(=O)NC(C)c2ccc(Cl)c(Cl)c2)CC1. The lowest BCUT2D eigenvalue weighted by atomic mass is 9.97. The lowest BCUT2D eigenvalue weighted by Gasteiger charge is -2.32. The van der Waals surface area contributed by atoms with Crippen molar-refractivity contribution in [2.75, 3.05) is 19.7 Å². The number of likely N-dealkylation sites (tertiary alicyclic amines) is 1. The summed E-state index contributed by atoms with van der Waals surface area (Å²) >= 11 is 11.9. The first-order valence-corrected chi connectivity index (χ1v) is 8.85. The second-order valence-corrected chi connectivity index (χ2v) is 6.67. The summed E-state index contributed by atoms with van der Waals surface area (Å²) in [6, 6.07) is 4.98. The summed E-state index contributed by atoms with van der Waals surface area (Å²) in [5.74, 6) is -0.275. The van der Waals surface area contributed by atoms with E-state index in [0.717, 1.165) is 5.56 Å². The minimum absolute atomic E-state index is 0.110. The maximum atomic E-state index is 12.4. The first kappa shape index (κ1) is 18.9. The van der Waals surface area contributed by atoms with Crippen LogP contribution < -0.4 is 5.32 Å². The molecule has 2 rings (SSSR count). The Bertz CT molecular complexity index is 601. The molecule has 0 spiro atoms. The molecule has 1 aliphatic rings. The van der Waals surface area contributed by atoms with Crippen LogP contribution in [0.25, 0.3) is 0 Å². The summed E-state index contributed by atoms with van der Waals surface area (Å²) in [5, 5.41) is 3.90. The van der Waals surface area contributed by atoms with Gasteiger partial charge < -0.3 is 15.0 Å². The first-order valence-electron chi connectivity index (χ1n) is 8.09. The molecule has 1 aliphatic heterocycles. The van der Waals surface area contributed by atoms with Crippen molar-refractivity contribution < 1.29 is 14.3 Å². The van der Waals surface area contributed by atoms with Crippen LogP contribution in [0.15, 0.2) is 18.2 Å². The van der Waals surface area contributed by atoms with Gasteiger partial charge in [0, 0.05) is 13.1 Å². The first-order chi connectivity index (χ1) is 11.4. The highest BCUT2D eigenvalue weighted by atomic mass is 35.5. The van der Waals surface area contributed by atoms with Gasteiger partial charge in [0.05, 0.1) is 28.6 Å². The summed E-state index contributed by atoms with van der Waals surface area (Å²) in [6.45, 7) is 5.17. The smallest absolute Gasteiger partial charge is 0.317 e. The summed E-state index contributed by atoms with van der Waals surface area (Å²) in [4.78, 5) is 25.8. The van der Waals surface area contributed by atoms with Crippen LogP contribution in [0.2, 0.25) is 10.0 Å². The van der Waals surface area contributed by atoms with E-state index in [-0.39, 0.29) is 24.0 Å². The van der Waals surface area contributed by atoms with Crippen molar-refractivity contribution in [2.45, 2.75) is 32.7 Å². The Morgan fingerprint density at radius 1 is 1.29 bits per heavy atom. The third-order valence-electron chi connectivity index (χ3n) is 4.19. The minimum atomic E-state index is -0.185. The van der Waals surface area contributed by atoms with Gasteiger partial charge in [-0.2, -0.15) is 0 Å². The van der Waals surface area contributed by atoms with Crippen LogP contribution in [0, 0.1) is 5.92 Å². The van der Waals surface area contributed by atoms with Crippen molar-refractivity contribution in [3.05, 3.63) is 33.8 Å².